The molecule has 0 aliphatic carbocycles. The number of carbonyl (C=O) groups is 1. The second-order valence-corrected chi connectivity index (χ2v) is 6.79. The molecule has 0 bridgehead atoms. The fraction of sp³-hybridized carbons (Fsp3) is 0.111. The van der Waals surface area contributed by atoms with Gasteiger partial charge in [-0.25, -0.2) is 0 Å². The van der Waals surface area contributed by atoms with Gasteiger partial charge in [0.2, 0.25) is 0 Å². The van der Waals surface area contributed by atoms with Crippen LogP contribution in [0.2, 0.25) is 0 Å². The Hall–Kier alpha value is -1.91. The molecule has 1 saturated heterocycles. The molecule has 1 aliphatic heterocycles. The fourth-order valence-corrected chi connectivity index (χ4v) is 3.54. The van der Waals surface area contributed by atoms with Gasteiger partial charge in [-0.05, 0) is 29.7 Å². The van der Waals surface area contributed by atoms with Crippen molar-refractivity contribution in [3.63, 3.8) is 0 Å². The number of rotatable bonds is 3. The lowest BCUT2D eigenvalue weighted by molar-refractivity contribution is -0.122. The van der Waals surface area contributed by atoms with Crippen molar-refractivity contribution >= 4 is 40.3 Å². The number of hydrogen-bond acceptors (Lipinski definition) is 3. The van der Waals surface area contributed by atoms with Crippen molar-refractivity contribution in [1.82, 2.24) is 4.90 Å². The standard InChI is InChI=1S/C18H15NOS2/c1-13-7-5-6-10-15(13)11-16-17(20)19(18(21)22-16)12-14-8-3-2-4-9-14/h2-11H,12H2,1H3. The maximum absolute atomic E-state index is 12.6. The average Bonchev–Trinajstić information content (AvgIpc) is 2.78. The zero-order valence-electron chi connectivity index (χ0n) is 12.2. The third-order valence-electron chi connectivity index (χ3n) is 3.53. The number of carbonyl (C=O) groups excluding carboxylic acids is 1. The van der Waals surface area contributed by atoms with Gasteiger partial charge in [-0.1, -0.05) is 78.6 Å². The zero-order chi connectivity index (χ0) is 15.5. The summed E-state index contributed by atoms with van der Waals surface area (Å²) in [6.07, 6.45) is 1.93. The number of thiocarbonyl (C=S) groups is 1. The number of hydrogen-bond donors (Lipinski definition) is 0. The highest BCUT2D eigenvalue weighted by Gasteiger charge is 2.31. The van der Waals surface area contributed by atoms with E-state index in [1.54, 1.807) is 4.90 Å². The predicted octanol–water partition coefficient (Wildman–Crippen LogP) is 4.40. The molecule has 22 heavy (non-hydrogen) atoms. The summed E-state index contributed by atoms with van der Waals surface area (Å²) >= 11 is 6.74. The molecule has 3 rings (SSSR count). The Morgan fingerprint density at radius 2 is 1.77 bits per heavy atom. The van der Waals surface area contributed by atoms with Crippen molar-refractivity contribution in [2.45, 2.75) is 13.5 Å². The highest BCUT2D eigenvalue weighted by molar-refractivity contribution is 8.26. The van der Waals surface area contributed by atoms with Crippen molar-refractivity contribution in [2.24, 2.45) is 0 Å². The van der Waals surface area contributed by atoms with Crippen LogP contribution in [0.1, 0.15) is 16.7 Å². The van der Waals surface area contributed by atoms with Crippen LogP contribution in [0.15, 0.2) is 59.5 Å². The molecular weight excluding hydrogens is 310 g/mol. The Bertz CT molecular complexity index is 753. The summed E-state index contributed by atoms with van der Waals surface area (Å²) in [4.78, 5) is 14.9. The normalized spacial score (nSPS) is 16.6. The topological polar surface area (TPSA) is 20.3 Å². The second kappa shape index (κ2) is 6.46. The minimum Gasteiger partial charge on any atom is -0.288 e. The summed E-state index contributed by atoms with van der Waals surface area (Å²) in [7, 11) is 0. The Morgan fingerprint density at radius 3 is 2.50 bits per heavy atom. The van der Waals surface area contributed by atoms with Gasteiger partial charge in [-0.3, -0.25) is 9.69 Å². The molecule has 1 amide bonds. The molecule has 0 aromatic heterocycles. The molecule has 1 aliphatic rings. The molecule has 2 aromatic rings. The van der Waals surface area contributed by atoms with Crippen LogP contribution < -0.4 is 0 Å². The van der Waals surface area contributed by atoms with E-state index in [0.717, 1.165) is 16.7 Å². The van der Waals surface area contributed by atoms with Crippen molar-refractivity contribution in [2.75, 3.05) is 0 Å². The van der Waals surface area contributed by atoms with Crippen LogP contribution in [0, 0.1) is 6.92 Å². The van der Waals surface area contributed by atoms with Gasteiger partial charge >= 0.3 is 0 Å². The molecule has 1 fully saturated rings. The van der Waals surface area contributed by atoms with Gasteiger partial charge in [-0.2, -0.15) is 0 Å². The SMILES string of the molecule is Cc1ccccc1C=C1SC(=S)N(Cc2ccccc2)C1=O. The molecule has 2 aromatic carbocycles. The van der Waals surface area contributed by atoms with Crippen LogP contribution in [0.5, 0.6) is 0 Å². The number of nitrogens with zero attached hydrogens (tertiary/aromatic N) is 1. The van der Waals surface area contributed by atoms with Gasteiger partial charge in [0.1, 0.15) is 4.32 Å². The molecule has 2 nitrogen and oxygen atoms in total. The number of aryl methyl sites for hydroxylation is 1. The largest absolute Gasteiger partial charge is 0.288 e. The van der Waals surface area contributed by atoms with E-state index in [2.05, 4.69) is 0 Å². The van der Waals surface area contributed by atoms with E-state index in [0.29, 0.717) is 15.8 Å². The molecule has 0 spiro atoms. The molecule has 1 heterocycles. The van der Waals surface area contributed by atoms with Crippen LogP contribution in [-0.4, -0.2) is 15.1 Å². The first kappa shape index (κ1) is 15.0. The van der Waals surface area contributed by atoms with Gasteiger partial charge in [0, 0.05) is 0 Å². The van der Waals surface area contributed by atoms with Crippen LogP contribution >= 0.6 is 24.0 Å². The van der Waals surface area contributed by atoms with E-state index in [-0.39, 0.29) is 5.91 Å². The van der Waals surface area contributed by atoms with E-state index in [9.17, 15) is 4.79 Å². The number of amides is 1. The Morgan fingerprint density at radius 1 is 1.09 bits per heavy atom. The summed E-state index contributed by atoms with van der Waals surface area (Å²) in [6, 6.07) is 17.9. The van der Waals surface area contributed by atoms with Crippen LogP contribution in [0.3, 0.4) is 0 Å². The lowest BCUT2D eigenvalue weighted by Crippen LogP contribution is -2.27. The van der Waals surface area contributed by atoms with Crippen molar-refractivity contribution < 1.29 is 4.79 Å². The third-order valence-corrected chi connectivity index (χ3v) is 4.91. The molecule has 0 N–H and O–H groups in total. The Labute approximate surface area is 139 Å². The maximum atomic E-state index is 12.6. The molecule has 0 radical (unpaired) electrons. The summed E-state index contributed by atoms with van der Waals surface area (Å²) < 4.78 is 0.619. The van der Waals surface area contributed by atoms with E-state index >= 15 is 0 Å². The van der Waals surface area contributed by atoms with Crippen LogP contribution in [0.4, 0.5) is 0 Å². The first-order chi connectivity index (χ1) is 10.6. The second-order valence-electron chi connectivity index (χ2n) is 5.11. The van der Waals surface area contributed by atoms with Gasteiger partial charge in [-0.15, -0.1) is 0 Å². The van der Waals surface area contributed by atoms with E-state index in [1.165, 1.54) is 11.8 Å². The summed E-state index contributed by atoms with van der Waals surface area (Å²) in [5, 5.41) is 0. The maximum Gasteiger partial charge on any atom is 0.266 e. The number of thioether (sulfide) groups is 1. The molecule has 0 unspecified atom stereocenters. The Kier molecular flexibility index (Phi) is 4.41. The van der Waals surface area contributed by atoms with Crippen molar-refractivity contribution in [3.8, 4) is 0 Å². The smallest absolute Gasteiger partial charge is 0.266 e. The van der Waals surface area contributed by atoms with Gasteiger partial charge in [0.05, 0.1) is 11.4 Å². The fourth-order valence-electron chi connectivity index (χ4n) is 2.29. The molecule has 0 atom stereocenters. The van der Waals surface area contributed by atoms with Crippen LogP contribution in [0.25, 0.3) is 6.08 Å². The first-order valence-corrected chi connectivity index (χ1v) is 8.22. The third kappa shape index (κ3) is 3.13. The molecule has 0 saturated carbocycles. The monoisotopic (exact) mass is 325 g/mol. The summed E-state index contributed by atoms with van der Waals surface area (Å²) in [5.74, 6) is -0.0119. The van der Waals surface area contributed by atoms with Gasteiger partial charge in [0.25, 0.3) is 5.91 Å². The van der Waals surface area contributed by atoms with Crippen molar-refractivity contribution in [1.29, 1.82) is 0 Å². The highest BCUT2D eigenvalue weighted by atomic mass is 32.2. The Balaban J connectivity index is 1.84. The average molecular weight is 325 g/mol. The highest BCUT2D eigenvalue weighted by Crippen LogP contribution is 2.33. The number of benzene rings is 2. The van der Waals surface area contributed by atoms with Crippen molar-refractivity contribution in [3.05, 3.63) is 76.2 Å². The minimum atomic E-state index is -0.0119. The van der Waals surface area contributed by atoms with E-state index in [4.69, 9.17) is 12.2 Å². The zero-order valence-corrected chi connectivity index (χ0v) is 13.8. The van der Waals surface area contributed by atoms with Gasteiger partial charge < -0.3 is 0 Å². The first-order valence-electron chi connectivity index (χ1n) is 7.00. The quantitative estimate of drug-likeness (QED) is 0.616. The lowest BCUT2D eigenvalue weighted by atomic mass is 10.1. The lowest BCUT2D eigenvalue weighted by Gasteiger charge is -2.14. The van der Waals surface area contributed by atoms with Crippen LogP contribution in [-0.2, 0) is 11.3 Å². The molecule has 4 heteroatoms. The summed E-state index contributed by atoms with van der Waals surface area (Å²) in [5.41, 5.74) is 3.29. The summed E-state index contributed by atoms with van der Waals surface area (Å²) in [6.45, 7) is 2.56. The molecular formula is C18H15NOS2. The van der Waals surface area contributed by atoms with E-state index in [1.807, 2.05) is 67.6 Å². The molecule has 110 valence electrons. The van der Waals surface area contributed by atoms with Gasteiger partial charge in [0.15, 0.2) is 0 Å². The predicted molar refractivity (Wildman–Crippen MR) is 96.3 cm³/mol. The minimum absolute atomic E-state index is 0.0119. The van der Waals surface area contributed by atoms with E-state index < -0.39 is 0 Å².